The molecule has 100 valence electrons. The minimum absolute atomic E-state index is 0.208. The highest BCUT2D eigenvalue weighted by Gasteiger charge is 2.17. The van der Waals surface area contributed by atoms with Gasteiger partial charge in [0.1, 0.15) is 4.88 Å². The number of carboxylic acids is 1. The molecule has 19 heavy (non-hydrogen) atoms. The van der Waals surface area contributed by atoms with Crippen LogP contribution in [-0.2, 0) is 17.8 Å². The summed E-state index contributed by atoms with van der Waals surface area (Å²) < 4.78 is 4.96. The van der Waals surface area contributed by atoms with Crippen molar-refractivity contribution in [1.82, 2.24) is 4.98 Å². The third-order valence-corrected chi connectivity index (χ3v) is 3.64. The number of rotatable bonds is 5. The number of benzene rings is 1. The van der Waals surface area contributed by atoms with Crippen LogP contribution >= 0.6 is 11.3 Å². The lowest BCUT2D eigenvalue weighted by molar-refractivity contribution is 0.0697. The molecule has 0 saturated heterocycles. The first-order valence-electron chi connectivity index (χ1n) is 5.65. The average molecular weight is 278 g/mol. The second-order valence-corrected chi connectivity index (χ2v) is 5.12. The van der Waals surface area contributed by atoms with Crippen LogP contribution in [0, 0.1) is 0 Å². The molecule has 0 saturated carbocycles. The number of nitrogens with two attached hydrogens (primary N) is 1. The zero-order valence-electron chi connectivity index (χ0n) is 10.4. The number of hydrogen-bond acceptors (Lipinski definition) is 5. The van der Waals surface area contributed by atoms with Crippen molar-refractivity contribution >= 4 is 23.0 Å². The molecule has 0 bridgehead atoms. The van der Waals surface area contributed by atoms with Gasteiger partial charge in [0.05, 0.1) is 17.3 Å². The molecule has 1 aromatic heterocycles. The van der Waals surface area contributed by atoms with Gasteiger partial charge in [0.25, 0.3) is 0 Å². The maximum absolute atomic E-state index is 11.1. The summed E-state index contributed by atoms with van der Waals surface area (Å²) in [6, 6.07) is 7.45. The fourth-order valence-electron chi connectivity index (χ4n) is 1.69. The number of aromatic nitrogens is 1. The topological polar surface area (TPSA) is 85.4 Å². The summed E-state index contributed by atoms with van der Waals surface area (Å²) in [4.78, 5) is 15.7. The third kappa shape index (κ3) is 3.30. The van der Waals surface area contributed by atoms with E-state index >= 15 is 0 Å². The second kappa shape index (κ2) is 5.81. The van der Waals surface area contributed by atoms with E-state index in [0.29, 0.717) is 17.8 Å². The van der Waals surface area contributed by atoms with E-state index in [1.807, 2.05) is 24.3 Å². The molecule has 3 N–H and O–H groups in total. The van der Waals surface area contributed by atoms with Crippen LogP contribution < -0.4 is 5.73 Å². The Morgan fingerprint density at radius 2 is 2.11 bits per heavy atom. The summed E-state index contributed by atoms with van der Waals surface area (Å²) in [5.74, 6) is -0.965. The van der Waals surface area contributed by atoms with Gasteiger partial charge in [0.2, 0.25) is 0 Å². The van der Waals surface area contributed by atoms with Crippen LogP contribution in [-0.4, -0.2) is 23.2 Å². The summed E-state index contributed by atoms with van der Waals surface area (Å²) in [5, 5.41) is 9.86. The molecule has 0 fully saturated rings. The molecular weight excluding hydrogens is 264 g/mol. The number of hydrogen-bond donors (Lipinski definition) is 2. The summed E-state index contributed by atoms with van der Waals surface area (Å²) in [6.45, 7) is 0.208. The number of nitrogen functional groups attached to an aromatic ring is 1. The van der Waals surface area contributed by atoms with Gasteiger partial charge in [-0.05, 0) is 17.7 Å². The number of carbonyl (C=O) groups is 1. The Morgan fingerprint density at radius 1 is 1.42 bits per heavy atom. The molecule has 5 nitrogen and oxygen atoms in total. The highest BCUT2D eigenvalue weighted by molar-refractivity contribution is 7.13. The average Bonchev–Trinajstić information content (AvgIpc) is 2.76. The molecule has 0 spiro atoms. The quantitative estimate of drug-likeness (QED) is 0.819. The van der Waals surface area contributed by atoms with Crippen molar-refractivity contribution in [3.05, 3.63) is 45.4 Å². The molecule has 0 amide bonds. The monoisotopic (exact) mass is 278 g/mol. The van der Waals surface area contributed by atoms with E-state index in [4.69, 9.17) is 15.6 Å². The van der Waals surface area contributed by atoms with E-state index in [0.717, 1.165) is 10.6 Å². The van der Waals surface area contributed by atoms with E-state index in [2.05, 4.69) is 4.98 Å². The smallest absolute Gasteiger partial charge is 0.347 e. The van der Waals surface area contributed by atoms with Gasteiger partial charge in [-0.15, -0.1) is 11.3 Å². The van der Waals surface area contributed by atoms with E-state index < -0.39 is 5.97 Å². The van der Waals surface area contributed by atoms with Crippen molar-refractivity contribution in [2.75, 3.05) is 12.8 Å². The minimum atomic E-state index is -0.965. The van der Waals surface area contributed by atoms with E-state index in [-0.39, 0.29) is 11.5 Å². The van der Waals surface area contributed by atoms with E-state index in [9.17, 15) is 4.79 Å². The van der Waals surface area contributed by atoms with Gasteiger partial charge in [-0.2, -0.15) is 0 Å². The Bertz CT molecular complexity index is 578. The Labute approximate surface area is 114 Å². The Hall–Kier alpha value is -1.92. The Kier molecular flexibility index (Phi) is 4.13. The van der Waals surface area contributed by atoms with E-state index in [1.165, 1.54) is 18.4 Å². The largest absolute Gasteiger partial charge is 0.477 e. The lowest BCUT2D eigenvalue weighted by atomic mass is 10.1. The molecule has 2 aromatic rings. The van der Waals surface area contributed by atoms with Crippen molar-refractivity contribution in [2.24, 2.45) is 0 Å². The van der Waals surface area contributed by atoms with Crippen LogP contribution in [0.25, 0.3) is 0 Å². The fraction of sp³-hybridized carbons (Fsp3) is 0.231. The van der Waals surface area contributed by atoms with Crippen molar-refractivity contribution in [2.45, 2.75) is 13.0 Å². The maximum atomic E-state index is 11.1. The minimum Gasteiger partial charge on any atom is -0.477 e. The number of methoxy groups -OCH3 is 1. The summed E-state index contributed by atoms with van der Waals surface area (Å²) in [7, 11) is 1.52. The van der Waals surface area contributed by atoms with Crippen LogP contribution in [0.15, 0.2) is 24.3 Å². The van der Waals surface area contributed by atoms with Crippen LogP contribution in [0.3, 0.4) is 0 Å². The van der Waals surface area contributed by atoms with Gasteiger partial charge in [-0.3, -0.25) is 0 Å². The molecule has 0 aliphatic rings. The van der Waals surface area contributed by atoms with Crippen molar-refractivity contribution < 1.29 is 14.6 Å². The molecule has 0 aliphatic carbocycles. The number of anilines is 1. The van der Waals surface area contributed by atoms with Crippen LogP contribution in [0.5, 0.6) is 0 Å². The number of carboxylic acid groups (broad SMARTS) is 1. The normalized spacial score (nSPS) is 10.6. The molecule has 0 radical (unpaired) electrons. The molecule has 6 heteroatoms. The van der Waals surface area contributed by atoms with Crippen molar-refractivity contribution in [3.63, 3.8) is 0 Å². The predicted molar refractivity (Wildman–Crippen MR) is 73.4 cm³/mol. The zero-order valence-corrected chi connectivity index (χ0v) is 11.2. The molecule has 0 unspecified atom stereocenters. The van der Waals surface area contributed by atoms with Gasteiger partial charge < -0.3 is 15.6 Å². The number of thiazole rings is 1. The standard InChI is InChI=1S/C13H14N2O3S/c1-18-7-10-12(13(16)17)19-11(15-10)6-8-2-4-9(14)5-3-8/h2-5H,6-7,14H2,1H3,(H,16,17). The maximum Gasteiger partial charge on any atom is 0.347 e. The lowest BCUT2D eigenvalue weighted by Crippen LogP contribution is -1.99. The molecule has 1 heterocycles. The number of nitrogens with zero attached hydrogens (tertiary/aromatic N) is 1. The van der Waals surface area contributed by atoms with E-state index in [1.54, 1.807) is 0 Å². The first kappa shape index (κ1) is 13.5. The summed E-state index contributed by atoms with van der Waals surface area (Å²) in [6.07, 6.45) is 0.592. The van der Waals surface area contributed by atoms with Crippen LogP contribution in [0.2, 0.25) is 0 Å². The van der Waals surface area contributed by atoms with Gasteiger partial charge >= 0.3 is 5.97 Å². The Morgan fingerprint density at radius 3 is 2.68 bits per heavy atom. The molecule has 1 aromatic carbocycles. The first-order chi connectivity index (χ1) is 9.10. The highest BCUT2D eigenvalue weighted by Crippen LogP contribution is 2.22. The lowest BCUT2D eigenvalue weighted by Gasteiger charge is -1.98. The molecular formula is C13H14N2O3S. The van der Waals surface area contributed by atoms with Crippen molar-refractivity contribution in [1.29, 1.82) is 0 Å². The van der Waals surface area contributed by atoms with Gasteiger partial charge in [-0.1, -0.05) is 12.1 Å². The van der Waals surface area contributed by atoms with Crippen molar-refractivity contribution in [3.8, 4) is 0 Å². The third-order valence-electron chi connectivity index (χ3n) is 2.55. The second-order valence-electron chi connectivity index (χ2n) is 4.04. The summed E-state index contributed by atoms with van der Waals surface area (Å²) >= 11 is 1.18. The zero-order chi connectivity index (χ0) is 13.8. The van der Waals surface area contributed by atoms with Crippen LogP contribution in [0.1, 0.15) is 25.9 Å². The molecule has 0 atom stereocenters. The predicted octanol–water partition coefficient (Wildman–Crippen LogP) is 2.16. The Balaban J connectivity index is 2.23. The van der Waals surface area contributed by atoms with Gasteiger partial charge in [0.15, 0.2) is 0 Å². The molecule has 2 rings (SSSR count). The SMILES string of the molecule is COCc1nc(Cc2ccc(N)cc2)sc1C(=O)O. The number of ether oxygens (including phenoxy) is 1. The highest BCUT2D eigenvalue weighted by atomic mass is 32.1. The van der Waals surface area contributed by atoms with Gasteiger partial charge in [0, 0.05) is 19.2 Å². The van der Waals surface area contributed by atoms with Crippen LogP contribution in [0.4, 0.5) is 5.69 Å². The van der Waals surface area contributed by atoms with Gasteiger partial charge in [-0.25, -0.2) is 9.78 Å². The fourth-order valence-corrected chi connectivity index (χ4v) is 2.63. The summed E-state index contributed by atoms with van der Waals surface area (Å²) in [5.41, 5.74) is 7.85. The number of aromatic carboxylic acids is 1. The first-order valence-corrected chi connectivity index (χ1v) is 6.47. The molecule has 0 aliphatic heterocycles.